The van der Waals surface area contributed by atoms with Gasteiger partial charge in [-0.1, -0.05) is 6.07 Å². The van der Waals surface area contributed by atoms with Crippen molar-refractivity contribution in [2.45, 2.75) is 20.3 Å². The van der Waals surface area contributed by atoms with Gasteiger partial charge in [-0.2, -0.15) is 0 Å². The van der Waals surface area contributed by atoms with Gasteiger partial charge in [0.15, 0.2) is 0 Å². The summed E-state index contributed by atoms with van der Waals surface area (Å²) >= 11 is 0. The number of Topliss-reactive ketones (excluding diaryl/α,β-unsaturated/α-hetero) is 1. The zero-order chi connectivity index (χ0) is 12.7. The molecule has 1 aromatic carbocycles. The molecular weight excluding hydrogens is 220 g/mol. The fraction of sp³-hybridized carbons (Fsp3) is 0.385. The van der Waals surface area contributed by atoms with Crippen LogP contribution in [0.1, 0.15) is 30.6 Å². The number of carbonyl (C=O) groups excluding carboxylic acids is 2. The van der Waals surface area contributed by atoms with Gasteiger partial charge >= 0.3 is 5.97 Å². The molecule has 0 saturated heterocycles. The van der Waals surface area contributed by atoms with Gasteiger partial charge in [0.05, 0.1) is 18.8 Å². The van der Waals surface area contributed by atoms with Gasteiger partial charge in [0.2, 0.25) is 0 Å². The molecule has 1 rings (SSSR count). The highest BCUT2D eigenvalue weighted by Crippen LogP contribution is 2.14. The van der Waals surface area contributed by atoms with Crippen LogP contribution >= 0.6 is 0 Å². The highest BCUT2D eigenvalue weighted by atomic mass is 16.5. The lowest BCUT2D eigenvalue weighted by Crippen LogP contribution is -2.06. The lowest BCUT2D eigenvalue weighted by molar-refractivity contribution is -0.117. The Balaban J connectivity index is 2.59. The number of hydrogen-bond acceptors (Lipinski definition) is 4. The molecule has 4 heteroatoms. The second-order valence-electron chi connectivity index (χ2n) is 3.55. The van der Waals surface area contributed by atoms with Crippen molar-refractivity contribution in [1.29, 1.82) is 0 Å². The molecular formula is C13H16O4. The molecule has 0 bridgehead atoms. The summed E-state index contributed by atoms with van der Waals surface area (Å²) in [6.07, 6.45) is 0.365. The lowest BCUT2D eigenvalue weighted by Gasteiger charge is -2.06. The van der Waals surface area contributed by atoms with Gasteiger partial charge in [-0.3, -0.25) is 4.79 Å². The molecule has 0 N–H and O–H groups in total. The lowest BCUT2D eigenvalue weighted by atomic mass is 10.2. The van der Waals surface area contributed by atoms with E-state index in [4.69, 9.17) is 9.47 Å². The van der Waals surface area contributed by atoms with Crippen molar-refractivity contribution in [3.05, 3.63) is 29.8 Å². The largest absolute Gasteiger partial charge is 0.493 e. The summed E-state index contributed by atoms with van der Waals surface area (Å²) in [5.41, 5.74) is 0.451. The minimum Gasteiger partial charge on any atom is -0.493 e. The van der Waals surface area contributed by atoms with Crippen LogP contribution in [0.5, 0.6) is 5.75 Å². The molecule has 92 valence electrons. The molecule has 0 saturated carbocycles. The van der Waals surface area contributed by atoms with Crippen LogP contribution in [0.3, 0.4) is 0 Å². The average Bonchev–Trinajstić information content (AvgIpc) is 2.29. The molecule has 0 amide bonds. The van der Waals surface area contributed by atoms with Gasteiger partial charge in [0.1, 0.15) is 11.5 Å². The van der Waals surface area contributed by atoms with E-state index in [2.05, 4.69) is 0 Å². The Hall–Kier alpha value is -1.84. The molecule has 1 aromatic rings. The number of esters is 1. The van der Waals surface area contributed by atoms with Crippen molar-refractivity contribution in [3.63, 3.8) is 0 Å². The first kappa shape index (κ1) is 13.2. The number of ketones is 1. The molecule has 4 nitrogen and oxygen atoms in total. The molecule has 17 heavy (non-hydrogen) atoms. The molecule has 0 aliphatic rings. The van der Waals surface area contributed by atoms with Gasteiger partial charge in [-0.15, -0.1) is 0 Å². The van der Waals surface area contributed by atoms with Crippen molar-refractivity contribution in [2.75, 3.05) is 13.2 Å². The predicted octanol–water partition coefficient (Wildman–Crippen LogP) is 2.22. The summed E-state index contributed by atoms with van der Waals surface area (Å²) in [6, 6.07) is 6.73. The molecule has 0 aliphatic heterocycles. The minimum atomic E-state index is -0.371. The first-order chi connectivity index (χ1) is 8.13. The summed E-state index contributed by atoms with van der Waals surface area (Å²) in [5, 5.41) is 0. The van der Waals surface area contributed by atoms with E-state index in [-0.39, 0.29) is 11.8 Å². The molecule has 0 atom stereocenters. The highest BCUT2D eigenvalue weighted by molar-refractivity contribution is 5.89. The summed E-state index contributed by atoms with van der Waals surface area (Å²) in [6.45, 7) is 3.93. The average molecular weight is 236 g/mol. The molecule has 0 aliphatic carbocycles. The molecule has 0 radical (unpaired) electrons. The maximum Gasteiger partial charge on any atom is 0.338 e. The fourth-order valence-electron chi connectivity index (χ4n) is 1.24. The van der Waals surface area contributed by atoms with E-state index < -0.39 is 0 Å². The maximum atomic E-state index is 11.4. The van der Waals surface area contributed by atoms with Crippen molar-refractivity contribution in [3.8, 4) is 5.75 Å². The van der Waals surface area contributed by atoms with E-state index in [0.717, 1.165) is 0 Å². The van der Waals surface area contributed by atoms with Gasteiger partial charge in [0.25, 0.3) is 0 Å². The Labute approximate surface area is 101 Å². The number of benzene rings is 1. The van der Waals surface area contributed by atoms with Gasteiger partial charge < -0.3 is 9.47 Å². The van der Waals surface area contributed by atoms with Crippen LogP contribution in [0.25, 0.3) is 0 Å². The van der Waals surface area contributed by atoms with E-state index in [0.29, 0.717) is 30.9 Å². The molecule has 0 spiro atoms. The van der Waals surface area contributed by atoms with E-state index in [1.165, 1.54) is 6.92 Å². The van der Waals surface area contributed by atoms with Crippen LogP contribution < -0.4 is 4.74 Å². The van der Waals surface area contributed by atoms with Crippen molar-refractivity contribution >= 4 is 11.8 Å². The summed E-state index contributed by atoms with van der Waals surface area (Å²) < 4.78 is 10.2. The van der Waals surface area contributed by atoms with E-state index in [1.54, 1.807) is 31.2 Å². The van der Waals surface area contributed by atoms with Crippen molar-refractivity contribution in [1.82, 2.24) is 0 Å². The number of rotatable bonds is 6. The second kappa shape index (κ2) is 6.68. The van der Waals surface area contributed by atoms with Gasteiger partial charge in [0, 0.05) is 6.42 Å². The maximum absolute atomic E-state index is 11.4. The van der Waals surface area contributed by atoms with Crippen LogP contribution in [0, 0.1) is 0 Å². The zero-order valence-corrected chi connectivity index (χ0v) is 10.1. The number of ether oxygens (including phenoxy) is 2. The predicted molar refractivity (Wildman–Crippen MR) is 63.2 cm³/mol. The van der Waals surface area contributed by atoms with Crippen LogP contribution in [-0.4, -0.2) is 25.0 Å². The Morgan fingerprint density at radius 2 is 2.06 bits per heavy atom. The number of hydrogen-bond donors (Lipinski definition) is 0. The van der Waals surface area contributed by atoms with Gasteiger partial charge in [-0.05, 0) is 32.0 Å². The van der Waals surface area contributed by atoms with Crippen LogP contribution in [0.4, 0.5) is 0 Å². The first-order valence-electron chi connectivity index (χ1n) is 5.53. The third kappa shape index (κ3) is 4.68. The van der Waals surface area contributed by atoms with Crippen LogP contribution in [0.15, 0.2) is 24.3 Å². The molecule has 0 aromatic heterocycles. The zero-order valence-electron chi connectivity index (χ0n) is 10.1. The molecule has 0 unspecified atom stereocenters. The Kier molecular flexibility index (Phi) is 5.20. The van der Waals surface area contributed by atoms with E-state index in [9.17, 15) is 9.59 Å². The third-order valence-corrected chi connectivity index (χ3v) is 2.07. The standard InChI is InChI=1S/C13H16O4/c1-3-16-13(15)11-5-4-6-12(9-11)17-8-7-10(2)14/h4-6,9H,3,7-8H2,1-2H3. The minimum absolute atomic E-state index is 0.0755. The van der Waals surface area contributed by atoms with Crippen LogP contribution in [0.2, 0.25) is 0 Å². The molecule has 0 fully saturated rings. The Morgan fingerprint density at radius 3 is 2.71 bits per heavy atom. The highest BCUT2D eigenvalue weighted by Gasteiger charge is 2.07. The third-order valence-electron chi connectivity index (χ3n) is 2.07. The quantitative estimate of drug-likeness (QED) is 0.711. The molecule has 0 heterocycles. The van der Waals surface area contributed by atoms with Gasteiger partial charge in [-0.25, -0.2) is 4.79 Å². The van der Waals surface area contributed by atoms with Crippen LogP contribution in [-0.2, 0) is 9.53 Å². The summed E-state index contributed by atoms with van der Waals surface area (Å²) in [4.78, 5) is 22.2. The van der Waals surface area contributed by atoms with Crippen molar-refractivity contribution < 1.29 is 19.1 Å². The monoisotopic (exact) mass is 236 g/mol. The number of carbonyl (C=O) groups is 2. The van der Waals surface area contributed by atoms with E-state index in [1.807, 2.05) is 0 Å². The fourth-order valence-corrected chi connectivity index (χ4v) is 1.24. The summed E-state index contributed by atoms with van der Waals surface area (Å²) in [5.74, 6) is 0.271. The van der Waals surface area contributed by atoms with E-state index >= 15 is 0 Å². The Morgan fingerprint density at radius 1 is 1.29 bits per heavy atom. The smallest absolute Gasteiger partial charge is 0.338 e. The topological polar surface area (TPSA) is 52.6 Å². The van der Waals surface area contributed by atoms with Crippen molar-refractivity contribution in [2.24, 2.45) is 0 Å². The summed E-state index contributed by atoms with van der Waals surface area (Å²) in [7, 11) is 0. The normalized spacial score (nSPS) is 9.76. The second-order valence-corrected chi connectivity index (χ2v) is 3.55. The Bertz CT molecular complexity index is 398. The first-order valence-corrected chi connectivity index (χ1v) is 5.53. The SMILES string of the molecule is CCOC(=O)c1cccc(OCCC(C)=O)c1.